The lowest BCUT2D eigenvalue weighted by atomic mass is 9.87. The standard InChI is InChI=1S/C19H27NO3/c1-18(2)12-15(8-11-23-18)17(21)20-13-19(9-10-19)14-22-16-6-4-3-5-7-16/h3-7,15H,8-14H2,1-2H3,(H,20,21)/t15-/m1/s1. The molecule has 1 aromatic carbocycles. The lowest BCUT2D eigenvalue weighted by molar-refractivity contribution is -0.135. The van der Waals surface area contributed by atoms with Gasteiger partial charge in [0.25, 0.3) is 0 Å². The summed E-state index contributed by atoms with van der Waals surface area (Å²) in [7, 11) is 0. The molecule has 4 heteroatoms. The van der Waals surface area contributed by atoms with Crippen LogP contribution < -0.4 is 10.1 Å². The molecule has 1 amide bonds. The van der Waals surface area contributed by atoms with Crippen molar-refractivity contribution in [3.05, 3.63) is 30.3 Å². The molecule has 0 bridgehead atoms. The predicted molar refractivity (Wildman–Crippen MR) is 89.4 cm³/mol. The first kappa shape index (κ1) is 16.3. The highest BCUT2D eigenvalue weighted by Gasteiger charge is 2.44. The minimum Gasteiger partial charge on any atom is -0.493 e. The number of hydrogen-bond donors (Lipinski definition) is 1. The highest BCUT2D eigenvalue weighted by molar-refractivity contribution is 5.78. The van der Waals surface area contributed by atoms with Gasteiger partial charge in [0, 0.05) is 24.5 Å². The number of carbonyl (C=O) groups is 1. The van der Waals surface area contributed by atoms with Crippen molar-refractivity contribution in [1.82, 2.24) is 5.32 Å². The second-order valence-electron chi connectivity index (χ2n) is 7.62. The zero-order valence-corrected chi connectivity index (χ0v) is 14.1. The summed E-state index contributed by atoms with van der Waals surface area (Å²) in [4.78, 5) is 12.4. The monoisotopic (exact) mass is 317 g/mol. The highest BCUT2D eigenvalue weighted by atomic mass is 16.5. The molecule has 0 unspecified atom stereocenters. The fourth-order valence-corrected chi connectivity index (χ4v) is 3.18. The first-order valence-corrected chi connectivity index (χ1v) is 8.58. The molecular formula is C19H27NO3. The van der Waals surface area contributed by atoms with E-state index in [0.29, 0.717) is 13.2 Å². The normalized spacial score (nSPS) is 24.7. The van der Waals surface area contributed by atoms with Gasteiger partial charge in [0.1, 0.15) is 5.75 Å². The Morgan fingerprint density at radius 1 is 1.30 bits per heavy atom. The molecule has 0 radical (unpaired) electrons. The minimum atomic E-state index is -0.187. The van der Waals surface area contributed by atoms with Crippen LogP contribution >= 0.6 is 0 Å². The molecule has 0 aromatic heterocycles. The maximum absolute atomic E-state index is 12.4. The van der Waals surface area contributed by atoms with Gasteiger partial charge >= 0.3 is 0 Å². The molecule has 2 aliphatic rings. The summed E-state index contributed by atoms with van der Waals surface area (Å²) in [6, 6.07) is 9.88. The number of para-hydroxylation sites is 1. The van der Waals surface area contributed by atoms with Crippen LogP contribution in [0.2, 0.25) is 0 Å². The van der Waals surface area contributed by atoms with Crippen LogP contribution in [0.15, 0.2) is 30.3 Å². The summed E-state index contributed by atoms with van der Waals surface area (Å²) in [6.07, 6.45) is 3.87. The Morgan fingerprint density at radius 3 is 2.70 bits per heavy atom. The Bertz CT molecular complexity index is 537. The third-order valence-corrected chi connectivity index (χ3v) is 4.95. The zero-order chi connectivity index (χ0) is 16.3. The van der Waals surface area contributed by atoms with Crippen molar-refractivity contribution in [1.29, 1.82) is 0 Å². The van der Waals surface area contributed by atoms with E-state index in [9.17, 15) is 4.79 Å². The molecule has 1 N–H and O–H groups in total. The van der Waals surface area contributed by atoms with Gasteiger partial charge in [-0.1, -0.05) is 18.2 Å². The van der Waals surface area contributed by atoms with Crippen molar-refractivity contribution in [2.75, 3.05) is 19.8 Å². The number of benzene rings is 1. The van der Waals surface area contributed by atoms with E-state index in [1.165, 1.54) is 0 Å². The molecule has 0 spiro atoms. The predicted octanol–water partition coefficient (Wildman–Crippen LogP) is 3.17. The topological polar surface area (TPSA) is 47.6 Å². The number of carbonyl (C=O) groups excluding carboxylic acids is 1. The summed E-state index contributed by atoms with van der Waals surface area (Å²) in [5, 5.41) is 3.15. The van der Waals surface area contributed by atoms with Crippen LogP contribution in [-0.2, 0) is 9.53 Å². The summed E-state index contributed by atoms with van der Waals surface area (Å²) >= 11 is 0. The molecule has 1 saturated carbocycles. The van der Waals surface area contributed by atoms with E-state index in [2.05, 4.69) is 19.2 Å². The van der Waals surface area contributed by atoms with Gasteiger partial charge in [0.2, 0.25) is 5.91 Å². The summed E-state index contributed by atoms with van der Waals surface area (Å²) in [6.45, 7) is 6.19. The Labute approximate surface area is 138 Å². The van der Waals surface area contributed by atoms with E-state index >= 15 is 0 Å². The van der Waals surface area contributed by atoms with Crippen LogP contribution in [0, 0.1) is 11.3 Å². The first-order valence-electron chi connectivity index (χ1n) is 8.58. The Hall–Kier alpha value is -1.55. The fourth-order valence-electron chi connectivity index (χ4n) is 3.18. The van der Waals surface area contributed by atoms with Crippen LogP contribution in [0.3, 0.4) is 0 Å². The van der Waals surface area contributed by atoms with Crippen molar-refractivity contribution in [3.63, 3.8) is 0 Å². The minimum absolute atomic E-state index is 0.0737. The van der Waals surface area contributed by atoms with Gasteiger partial charge in [-0.2, -0.15) is 0 Å². The zero-order valence-electron chi connectivity index (χ0n) is 14.1. The van der Waals surface area contributed by atoms with Gasteiger partial charge in [0.15, 0.2) is 0 Å². The van der Waals surface area contributed by atoms with Gasteiger partial charge in [-0.3, -0.25) is 4.79 Å². The molecule has 4 nitrogen and oxygen atoms in total. The largest absolute Gasteiger partial charge is 0.493 e. The van der Waals surface area contributed by atoms with E-state index in [1.54, 1.807) is 0 Å². The van der Waals surface area contributed by atoms with Crippen molar-refractivity contribution in [2.24, 2.45) is 11.3 Å². The van der Waals surface area contributed by atoms with Crippen molar-refractivity contribution < 1.29 is 14.3 Å². The fraction of sp³-hybridized carbons (Fsp3) is 0.632. The molecule has 1 heterocycles. The van der Waals surface area contributed by atoms with Crippen molar-refractivity contribution in [2.45, 2.75) is 45.1 Å². The van der Waals surface area contributed by atoms with Crippen molar-refractivity contribution >= 4 is 5.91 Å². The van der Waals surface area contributed by atoms with Gasteiger partial charge in [-0.15, -0.1) is 0 Å². The van der Waals surface area contributed by atoms with Gasteiger partial charge < -0.3 is 14.8 Å². The van der Waals surface area contributed by atoms with Gasteiger partial charge in [0.05, 0.1) is 12.2 Å². The van der Waals surface area contributed by atoms with Crippen LogP contribution in [0.5, 0.6) is 5.75 Å². The Kier molecular flexibility index (Phi) is 4.62. The van der Waals surface area contributed by atoms with Crippen LogP contribution in [-0.4, -0.2) is 31.3 Å². The van der Waals surface area contributed by atoms with Crippen molar-refractivity contribution in [3.8, 4) is 5.75 Å². The third kappa shape index (κ3) is 4.47. The van der Waals surface area contributed by atoms with Crippen LogP contribution in [0.25, 0.3) is 0 Å². The molecule has 23 heavy (non-hydrogen) atoms. The maximum atomic E-state index is 12.4. The number of nitrogens with one attached hydrogen (secondary N) is 1. The number of ether oxygens (including phenoxy) is 2. The Balaban J connectivity index is 1.45. The molecule has 3 rings (SSSR count). The molecule has 1 saturated heterocycles. The summed E-state index contributed by atoms with van der Waals surface area (Å²) in [5.74, 6) is 1.15. The van der Waals surface area contributed by atoms with Crippen LogP contribution in [0.4, 0.5) is 0 Å². The first-order chi connectivity index (χ1) is 11.0. The second-order valence-corrected chi connectivity index (χ2v) is 7.62. The average Bonchev–Trinajstić information content (AvgIpc) is 3.31. The van der Waals surface area contributed by atoms with Gasteiger partial charge in [-0.25, -0.2) is 0 Å². The number of amides is 1. The molecule has 1 atom stereocenters. The molecule has 2 fully saturated rings. The number of rotatable bonds is 6. The third-order valence-electron chi connectivity index (χ3n) is 4.95. The van der Waals surface area contributed by atoms with Gasteiger partial charge in [-0.05, 0) is 51.7 Å². The smallest absolute Gasteiger partial charge is 0.223 e. The lowest BCUT2D eigenvalue weighted by Crippen LogP contribution is -2.43. The Morgan fingerprint density at radius 2 is 2.04 bits per heavy atom. The molecule has 1 aliphatic carbocycles. The summed E-state index contributed by atoms with van der Waals surface area (Å²) < 4.78 is 11.6. The van der Waals surface area contributed by atoms with E-state index in [4.69, 9.17) is 9.47 Å². The maximum Gasteiger partial charge on any atom is 0.223 e. The SMILES string of the molecule is CC1(C)C[C@H](C(=O)NCC2(COc3ccccc3)CC2)CCO1. The van der Waals surface area contributed by atoms with E-state index < -0.39 is 0 Å². The summed E-state index contributed by atoms with van der Waals surface area (Å²) in [5.41, 5.74) is -0.0554. The van der Waals surface area contributed by atoms with Crippen LogP contribution in [0.1, 0.15) is 39.5 Å². The van der Waals surface area contributed by atoms with E-state index in [1.807, 2.05) is 30.3 Å². The molecule has 1 aliphatic heterocycles. The highest BCUT2D eigenvalue weighted by Crippen LogP contribution is 2.45. The second kappa shape index (κ2) is 6.52. The molecular weight excluding hydrogens is 290 g/mol. The number of hydrogen-bond acceptors (Lipinski definition) is 3. The molecule has 126 valence electrons. The lowest BCUT2D eigenvalue weighted by Gasteiger charge is -2.35. The average molecular weight is 317 g/mol. The van der Waals surface area contributed by atoms with E-state index in [-0.39, 0.29) is 22.8 Å². The molecule has 1 aromatic rings. The quantitative estimate of drug-likeness (QED) is 0.876. The van der Waals surface area contributed by atoms with E-state index in [0.717, 1.165) is 38.0 Å².